The molecular weight excluding hydrogens is 366 g/mol. The summed E-state index contributed by atoms with van der Waals surface area (Å²) in [4.78, 5) is 19.1. The van der Waals surface area contributed by atoms with E-state index < -0.39 is 0 Å². The number of hydrogen-bond donors (Lipinski definition) is 0. The molecule has 0 radical (unpaired) electrons. The van der Waals surface area contributed by atoms with E-state index in [1.807, 2.05) is 45.2 Å². The molecular formula is C20H28ClN3OS. The molecule has 0 bridgehead atoms. The highest BCUT2D eigenvalue weighted by Crippen LogP contribution is 2.25. The molecule has 1 amide bonds. The molecule has 0 N–H and O–H groups in total. The van der Waals surface area contributed by atoms with Crippen LogP contribution in [-0.4, -0.2) is 33.2 Å². The van der Waals surface area contributed by atoms with Crippen molar-refractivity contribution in [2.45, 2.75) is 52.4 Å². The van der Waals surface area contributed by atoms with Crippen LogP contribution in [0.5, 0.6) is 0 Å². The van der Waals surface area contributed by atoms with E-state index in [-0.39, 0.29) is 11.9 Å². The third kappa shape index (κ3) is 5.04. The van der Waals surface area contributed by atoms with Crippen LogP contribution < -0.4 is 0 Å². The first-order valence-electron chi connectivity index (χ1n) is 8.88. The molecule has 0 aliphatic carbocycles. The van der Waals surface area contributed by atoms with Crippen molar-refractivity contribution >= 4 is 29.3 Å². The smallest absolute Gasteiger partial charge is 0.233 e. The van der Waals surface area contributed by atoms with Crippen LogP contribution in [0.15, 0.2) is 29.4 Å². The maximum absolute atomic E-state index is 12.7. The van der Waals surface area contributed by atoms with E-state index in [0.717, 1.165) is 23.0 Å². The molecule has 26 heavy (non-hydrogen) atoms. The van der Waals surface area contributed by atoms with Crippen molar-refractivity contribution in [2.24, 2.45) is 5.92 Å². The molecule has 0 aliphatic heterocycles. The second-order valence-corrected chi connectivity index (χ2v) is 8.47. The highest BCUT2D eigenvalue weighted by molar-refractivity contribution is 7.99. The second-order valence-electron chi connectivity index (χ2n) is 7.09. The topological polar surface area (TPSA) is 38.1 Å². The lowest BCUT2D eigenvalue weighted by molar-refractivity contribution is -0.128. The van der Waals surface area contributed by atoms with Gasteiger partial charge in [0.1, 0.15) is 0 Å². The molecule has 1 aromatic carbocycles. The molecule has 2 rings (SSSR count). The van der Waals surface area contributed by atoms with Gasteiger partial charge in [-0.3, -0.25) is 4.79 Å². The lowest BCUT2D eigenvalue weighted by Gasteiger charge is -2.25. The summed E-state index contributed by atoms with van der Waals surface area (Å²) in [5.74, 6) is 0.999. The van der Waals surface area contributed by atoms with E-state index in [9.17, 15) is 4.79 Å². The van der Waals surface area contributed by atoms with Crippen molar-refractivity contribution in [1.29, 1.82) is 0 Å². The summed E-state index contributed by atoms with van der Waals surface area (Å²) in [7, 11) is 1.85. The third-order valence-electron chi connectivity index (χ3n) is 4.62. The Hall–Kier alpha value is -1.46. The number of halogens is 1. The van der Waals surface area contributed by atoms with Gasteiger partial charge in [-0.1, -0.05) is 49.3 Å². The maximum atomic E-state index is 12.7. The number of nitrogens with zero attached hydrogens (tertiary/aromatic N) is 3. The molecule has 0 spiro atoms. The molecule has 0 saturated carbocycles. The Balaban J connectivity index is 2.04. The first-order valence-corrected chi connectivity index (χ1v) is 10.2. The third-order valence-corrected chi connectivity index (χ3v) is 5.84. The van der Waals surface area contributed by atoms with Gasteiger partial charge in [-0.25, -0.2) is 4.98 Å². The van der Waals surface area contributed by atoms with Gasteiger partial charge in [0.05, 0.1) is 17.5 Å². The number of hydrogen-bond acceptors (Lipinski definition) is 3. The van der Waals surface area contributed by atoms with Crippen molar-refractivity contribution < 1.29 is 4.79 Å². The van der Waals surface area contributed by atoms with E-state index in [4.69, 9.17) is 11.6 Å². The number of thioether (sulfide) groups is 1. The van der Waals surface area contributed by atoms with Crippen molar-refractivity contribution in [3.63, 3.8) is 0 Å². The predicted octanol–water partition coefficient (Wildman–Crippen LogP) is 5.12. The number of aryl methyl sites for hydroxylation is 1. The number of benzene rings is 1. The van der Waals surface area contributed by atoms with Gasteiger partial charge in [-0.2, -0.15) is 0 Å². The SMILES string of the molecule is Cc1nc(SCC(=O)N(C)C(C)c2ccc(Cl)cc2)n(CC(C)C)c1C. The van der Waals surface area contributed by atoms with Crippen LogP contribution >= 0.6 is 23.4 Å². The summed E-state index contributed by atoms with van der Waals surface area (Å²) in [6, 6.07) is 7.64. The first kappa shape index (κ1) is 20.8. The number of aromatic nitrogens is 2. The van der Waals surface area contributed by atoms with Gasteiger partial charge in [0.25, 0.3) is 0 Å². The number of imidazole rings is 1. The fraction of sp³-hybridized carbons (Fsp3) is 0.500. The zero-order valence-electron chi connectivity index (χ0n) is 16.4. The minimum atomic E-state index is -0.000696. The molecule has 0 fully saturated rings. The van der Waals surface area contributed by atoms with Crippen LogP contribution in [-0.2, 0) is 11.3 Å². The maximum Gasteiger partial charge on any atom is 0.233 e. The van der Waals surface area contributed by atoms with Crippen molar-refractivity contribution in [1.82, 2.24) is 14.5 Å². The van der Waals surface area contributed by atoms with Gasteiger partial charge in [-0.05, 0) is 44.4 Å². The van der Waals surface area contributed by atoms with Crippen LogP contribution in [0.3, 0.4) is 0 Å². The van der Waals surface area contributed by atoms with Crippen LogP contribution in [0.2, 0.25) is 5.02 Å². The van der Waals surface area contributed by atoms with E-state index in [1.54, 1.807) is 4.90 Å². The van der Waals surface area contributed by atoms with Crippen LogP contribution in [0, 0.1) is 19.8 Å². The quantitative estimate of drug-likeness (QED) is 0.612. The summed E-state index contributed by atoms with van der Waals surface area (Å²) < 4.78 is 2.22. The van der Waals surface area contributed by atoms with E-state index in [2.05, 4.69) is 30.3 Å². The van der Waals surface area contributed by atoms with E-state index in [1.165, 1.54) is 17.5 Å². The van der Waals surface area contributed by atoms with Gasteiger partial charge in [0.2, 0.25) is 5.91 Å². The first-order chi connectivity index (χ1) is 12.2. The normalized spacial score (nSPS) is 12.5. The van der Waals surface area contributed by atoms with Gasteiger partial charge < -0.3 is 9.47 Å². The molecule has 142 valence electrons. The Morgan fingerprint density at radius 3 is 2.42 bits per heavy atom. The molecule has 2 aromatic rings. The Labute approximate surface area is 165 Å². The predicted molar refractivity (Wildman–Crippen MR) is 110 cm³/mol. The van der Waals surface area contributed by atoms with E-state index >= 15 is 0 Å². The zero-order valence-corrected chi connectivity index (χ0v) is 18.0. The fourth-order valence-corrected chi connectivity index (χ4v) is 3.87. The Morgan fingerprint density at radius 1 is 1.23 bits per heavy atom. The summed E-state index contributed by atoms with van der Waals surface area (Å²) in [6.45, 7) is 11.4. The molecule has 1 heterocycles. The van der Waals surface area contributed by atoms with Gasteiger partial charge >= 0.3 is 0 Å². The molecule has 0 aliphatic rings. The number of rotatable bonds is 7. The molecule has 0 saturated heterocycles. The number of amides is 1. The molecule has 1 unspecified atom stereocenters. The highest BCUT2D eigenvalue weighted by Gasteiger charge is 2.19. The highest BCUT2D eigenvalue weighted by atomic mass is 35.5. The fourth-order valence-electron chi connectivity index (χ4n) is 2.72. The Kier molecular flexibility index (Phi) is 7.18. The average molecular weight is 394 g/mol. The van der Waals surface area contributed by atoms with Crippen molar-refractivity contribution in [3.8, 4) is 0 Å². The average Bonchev–Trinajstić information content (AvgIpc) is 2.86. The number of carbonyl (C=O) groups excluding carboxylic acids is 1. The largest absolute Gasteiger partial charge is 0.338 e. The lowest BCUT2D eigenvalue weighted by Crippen LogP contribution is -2.31. The number of carbonyl (C=O) groups is 1. The minimum absolute atomic E-state index is 0.000696. The molecule has 6 heteroatoms. The van der Waals surface area contributed by atoms with Gasteiger partial charge in [0, 0.05) is 24.3 Å². The van der Waals surface area contributed by atoms with Gasteiger partial charge in [-0.15, -0.1) is 0 Å². The monoisotopic (exact) mass is 393 g/mol. The second kappa shape index (κ2) is 8.96. The molecule has 1 atom stereocenters. The van der Waals surface area contributed by atoms with Crippen LogP contribution in [0.4, 0.5) is 0 Å². The molecule has 4 nitrogen and oxygen atoms in total. The van der Waals surface area contributed by atoms with Crippen molar-refractivity contribution in [3.05, 3.63) is 46.2 Å². The Morgan fingerprint density at radius 2 is 1.85 bits per heavy atom. The molecule has 1 aromatic heterocycles. The minimum Gasteiger partial charge on any atom is -0.338 e. The summed E-state index contributed by atoms with van der Waals surface area (Å²) in [6.07, 6.45) is 0. The van der Waals surface area contributed by atoms with Crippen molar-refractivity contribution in [2.75, 3.05) is 12.8 Å². The van der Waals surface area contributed by atoms with Crippen LogP contribution in [0.25, 0.3) is 0 Å². The summed E-state index contributed by atoms with van der Waals surface area (Å²) >= 11 is 7.46. The Bertz CT molecular complexity index is 755. The van der Waals surface area contributed by atoms with E-state index in [0.29, 0.717) is 16.7 Å². The summed E-state index contributed by atoms with van der Waals surface area (Å²) in [5, 5.41) is 1.63. The lowest BCUT2D eigenvalue weighted by atomic mass is 10.1. The van der Waals surface area contributed by atoms with Crippen LogP contribution in [0.1, 0.15) is 43.8 Å². The zero-order chi connectivity index (χ0) is 19.4. The summed E-state index contributed by atoms with van der Waals surface area (Å²) in [5.41, 5.74) is 3.28. The standard InChI is InChI=1S/C20H28ClN3OS/c1-13(2)11-24-15(4)14(3)22-20(24)26-12-19(25)23(6)16(5)17-7-9-18(21)10-8-17/h7-10,13,16H,11-12H2,1-6H3. The van der Waals surface area contributed by atoms with Gasteiger partial charge in [0.15, 0.2) is 5.16 Å².